The first-order chi connectivity index (χ1) is 11.9. The Morgan fingerprint density at radius 2 is 1.71 bits per heavy atom. The molecule has 0 amide bonds. The van der Waals surface area contributed by atoms with Gasteiger partial charge in [-0.3, -0.25) is 4.90 Å². The van der Waals surface area contributed by atoms with E-state index in [0.29, 0.717) is 0 Å². The molecule has 1 aromatic heterocycles. The van der Waals surface area contributed by atoms with Crippen LogP contribution in [0, 0.1) is 0 Å². The Kier molecular flexibility index (Phi) is 4.72. The van der Waals surface area contributed by atoms with E-state index in [4.69, 9.17) is 0 Å². The Bertz CT molecular complexity index is 793. The average molecular weight is 334 g/mol. The molecule has 24 heavy (non-hydrogen) atoms. The summed E-state index contributed by atoms with van der Waals surface area (Å²) in [6.45, 7) is 3.58. The second kappa shape index (κ2) is 7.29. The van der Waals surface area contributed by atoms with Crippen LogP contribution >= 0.6 is 11.3 Å². The minimum atomic E-state index is 1.06. The van der Waals surface area contributed by atoms with Crippen LogP contribution in [0.15, 0.2) is 48.5 Å². The molecule has 1 saturated heterocycles. The molecule has 0 aliphatic carbocycles. The fourth-order valence-corrected chi connectivity index (χ4v) is 4.11. The molecule has 3 aromatic rings. The predicted molar refractivity (Wildman–Crippen MR) is 104 cm³/mol. The van der Waals surface area contributed by atoms with Crippen LogP contribution in [0.3, 0.4) is 0 Å². The van der Waals surface area contributed by atoms with Gasteiger partial charge in [-0.1, -0.05) is 48.9 Å². The maximum atomic E-state index is 4.65. The SMILES string of the molecule is C(=C\c1nc2ccccc2s1)/c1ccc(CN2CCCCC2)cc1. The number of benzene rings is 2. The summed E-state index contributed by atoms with van der Waals surface area (Å²) in [7, 11) is 0. The summed E-state index contributed by atoms with van der Waals surface area (Å²) in [4.78, 5) is 7.21. The Balaban J connectivity index is 1.42. The van der Waals surface area contributed by atoms with Crippen molar-refractivity contribution in [2.45, 2.75) is 25.8 Å². The van der Waals surface area contributed by atoms with Crippen molar-refractivity contribution in [1.82, 2.24) is 9.88 Å². The molecule has 0 unspecified atom stereocenters. The normalized spacial score (nSPS) is 16.2. The largest absolute Gasteiger partial charge is 0.299 e. The summed E-state index contributed by atoms with van der Waals surface area (Å²) in [6, 6.07) is 17.2. The Labute approximate surface area is 147 Å². The molecular weight excluding hydrogens is 312 g/mol. The molecule has 0 radical (unpaired) electrons. The van der Waals surface area contributed by atoms with Crippen molar-refractivity contribution in [2.75, 3.05) is 13.1 Å². The van der Waals surface area contributed by atoms with Gasteiger partial charge >= 0.3 is 0 Å². The smallest absolute Gasteiger partial charge is 0.117 e. The number of piperidine rings is 1. The van der Waals surface area contributed by atoms with Crippen molar-refractivity contribution >= 4 is 33.7 Å². The minimum absolute atomic E-state index is 1.06. The van der Waals surface area contributed by atoms with Gasteiger partial charge in [0, 0.05) is 6.54 Å². The number of likely N-dealkylation sites (tertiary alicyclic amines) is 1. The highest BCUT2D eigenvalue weighted by Gasteiger charge is 2.09. The predicted octanol–water partition coefficient (Wildman–Crippen LogP) is 5.45. The molecular formula is C21H22N2S. The lowest BCUT2D eigenvalue weighted by Crippen LogP contribution is -2.28. The van der Waals surface area contributed by atoms with Gasteiger partial charge in [-0.2, -0.15) is 0 Å². The van der Waals surface area contributed by atoms with Gasteiger partial charge < -0.3 is 0 Å². The Morgan fingerprint density at radius 3 is 2.50 bits per heavy atom. The summed E-state index contributed by atoms with van der Waals surface area (Å²) < 4.78 is 1.24. The zero-order valence-corrected chi connectivity index (χ0v) is 14.6. The first-order valence-corrected chi connectivity index (χ1v) is 9.53. The van der Waals surface area contributed by atoms with Gasteiger partial charge in [-0.05, 0) is 55.3 Å². The van der Waals surface area contributed by atoms with E-state index < -0.39 is 0 Å². The van der Waals surface area contributed by atoms with Crippen LogP contribution in [0.5, 0.6) is 0 Å². The zero-order valence-electron chi connectivity index (χ0n) is 13.8. The number of aromatic nitrogens is 1. The minimum Gasteiger partial charge on any atom is -0.299 e. The second-order valence-corrected chi connectivity index (χ2v) is 7.49. The molecule has 0 N–H and O–H groups in total. The highest BCUT2D eigenvalue weighted by atomic mass is 32.1. The highest BCUT2D eigenvalue weighted by Crippen LogP contribution is 2.23. The number of fused-ring (bicyclic) bond motifs is 1. The fourth-order valence-electron chi connectivity index (χ4n) is 3.24. The van der Waals surface area contributed by atoms with E-state index in [1.165, 1.54) is 48.2 Å². The molecule has 0 saturated carbocycles. The maximum Gasteiger partial charge on any atom is 0.117 e. The summed E-state index contributed by atoms with van der Waals surface area (Å²) in [5.41, 5.74) is 3.73. The highest BCUT2D eigenvalue weighted by molar-refractivity contribution is 7.19. The van der Waals surface area contributed by atoms with Crippen LogP contribution in [0.25, 0.3) is 22.4 Å². The van der Waals surface area contributed by atoms with E-state index in [0.717, 1.165) is 17.1 Å². The van der Waals surface area contributed by atoms with E-state index >= 15 is 0 Å². The molecule has 1 fully saturated rings. The van der Waals surface area contributed by atoms with Gasteiger partial charge in [0.2, 0.25) is 0 Å². The van der Waals surface area contributed by atoms with Crippen LogP contribution < -0.4 is 0 Å². The standard InChI is InChI=1S/C21H22N2S/c1-4-14-23(15-5-1)16-18-10-8-17(9-11-18)12-13-21-22-19-6-2-3-7-20(19)24-21/h2-3,6-13H,1,4-5,14-16H2/b13-12+. The van der Waals surface area contributed by atoms with Crippen molar-refractivity contribution in [1.29, 1.82) is 0 Å². The lowest BCUT2D eigenvalue weighted by atomic mass is 10.1. The van der Waals surface area contributed by atoms with E-state index in [1.807, 2.05) is 6.07 Å². The number of hydrogen-bond acceptors (Lipinski definition) is 3. The van der Waals surface area contributed by atoms with Crippen LogP contribution in [0.1, 0.15) is 35.4 Å². The lowest BCUT2D eigenvalue weighted by molar-refractivity contribution is 0.221. The molecule has 0 spiro atoms. The topological polar surface area (TPSA) is 16.1 Å². The van der Waals surface area contributed by atoms with Crippen LogP contribution in [-0.4, -0.2) is 23.0 Å². The van der Waals surface area contributed by atoms with Crippen molar-refractivity contribution in [3.8, 4) is 0 Å². The lowest BCUT2D eigenvalue weighted by Gasteiger charge is -2.26. The first kappa shape index (κ1) is 15.6. The van der Waals surface area contributed by atoms with Crippen molar-refractivity contribution in [3.63, 3.8) is 0 Å². The molecule has 1 aliphatic heterocycles. The quantitative estimate of drug-likeness (QED) is 0.630. The molecule has 4 rings (SSSR count). The third kappa shape index (κ3) is 3.74. The number of nitrogens with zero attached hydrogens (tertiary/aromatic N) is 2. The molecule has 0 bridgehead atoms. The van der Waals surface area contributed by atoms with Crippen LogP contribution in [-0.2, 0) is 6.54 Å². The molecule has 2 heterocycles. The molecule has 0 atom stereocenters. The number of para-hydroxylation sites is 1. The maximum absolute atomic E-state index is 4.65. The summed E-state index contributed by atoms with van der Waals surface area (Å²) >= 11 is 1.74. The number of thiazole rings is 1. The zero-order chi connectivity index (χ0) is 16.2. The van der Waals surface area contributed by atoms with Gasteiger partial charge in [-0.15, -0.1) is 11.3 Å². The Morgan fingerprint density at radius 1 is 0.917 bits per heavy atom. The monoisotopic (exact) mass is 334 g/mol. The Hall–Kier alpha value is -1.97. The third-order valence-electron chi connectivity index (χ3n) is 4.56. The van der Waals surface area contributed by atoms with Crippen molar-refractivity contribution in [2.24, 2.45) is 0 Å². The summed E-state index contributed by atoms with van der Waals surface area (Å²) in [6.07, 6.45) is 8.37. The van der Waals surface area contributed by atoms with Gasteiger partial charge in [0.25, 0.3) is 0 Å². The van der Waals surface area contributed by atoms with Gasteiger partial charge in [0.05, 0.1) is 10.2 Å². The fraction of sp³-hybridized carbons (Fsp3) is 0.286. The third-order valence-corrected chi connectivity index (χ3v) is 5.57. The van der Waals surface area contributed by atoms with E-state index in [-0.39, 0.29) is 0 Å². The van der Waals surface area contributed by atoms with Gasteiger partial charge in [0.15, 0.2) is 0 Å². The molecule has 2 aromatic carbocycles. The summed E-state index contributed by atoms with van der Waals surface area (Å²) in [5.74, 6) is 0. The molecule has 2 nitrogen and oxygen atoms in total. The average Bonchev–Trinajstić information content (AvgIpc) is 3.05. The van der Waals surface area contributed by atoms with E-state index in [2.05, 4.69) is 64.5 Å². The number of hydrogen-bond donors (Lipinski definition) is 0. The summed E-state index contributed by atoms with van der Waals surface area (Å²) in [5, 5.41) is 1.06. The van der Waals surface area contributed by atoms with E-state index in [1.54, 1.807) is 11.3 Å². The molecule has 1 aliphatic rings. The van der Waals surface area contributed by atoms with Crippen LogP contribution in [0.4, 0.5) is 0 Å². The van der Waals surface area contributed by atoms with Crippen molar-refractivity contribution in [3.05, 3.63) is 64.7 Å². The van der Waals surface area contributed by atoms with Crippen molar-refractivity contribution < 1.29 is 0 Å². The molecule has 3 heteroatoms. The van der Waals surface area contributed by atoms with E-state index in [9.17, 15) is 0 Å². The second-order valence-electron chi connectivity index (χ2n) is 6.43. The first-order valence-electron chi connectivity index (χ1n) is 8.72. The molecule has 122 valence electrons. The van der Waals surface area contributed by atoms with Gasteiger partial charge in [0.1, 0.15) is 5.01 Å². The van der Waals surface area contributed by atoms with Gasteiger partial charge in [-0.25, -0.2) is 4.98 Å². The number of rotatable bonds is 4. The van der Waals surface area contributed by atoms with Crippen LogP contribution in [0.2, 0.25) is 0 Å².